The number of aliphatic carboxylic acids is 1. The summed E-state index contributed by atoms with van der Waals surface area (Å²) in [5, 5.41) is 24.2. The summed E-state index contributed by atoms with van der Waals surface area (Å²) >= 11 is 0. The van der Waals surface area contributed by atoms with E-state index in [0.717, 1.165) is 6.08 Å². The first-order chi connectivity index (χ1) is 11.0. The van der Waals surface area contributed by atoms with Crippen LogP contribution in [0.4, 0.5) is 11.4 Å². The molecule has 1 N–H and O–H groups in total. The average molecular weight is 311 g/mol. The Kier molecular flexibility index (Phi) is 4.83. The number of nitrogens with one attached hydrogen (secondary N) is 1. The molecular weight excluding hydrogens is 300 g/mol. The summed E-state index contributed by atoms with van der Waals surface area (Å²) < 4.78 is 0. The van der Waals surface area contributed by atoms with Gasteiger partial charge in [0.15, 0.2) is 5.78 Å². The largest absolute Gasteiger partial charge is 0.543 e. The van der Waals surface area contributed by atoms with Crippen LogP contribution in [0.25, 0.3) is 0 Å². The first kappa shape index (κ1) is 15.9. The molecule has 0 fully saturated rings. The number of allylic oxidation sites excluding steroid dienone is 1. The lowest BCUT2D eigenvalue weighted by atomic mass is 10.1. The molecule has 23 heavy (non-hydrogen) atoms. The van der Waals surface area contributed by atoms with Crippen LogP contribution in [0.3, 0.4) is 0 Å². The summed E-state index contributed by atoms with van der Waals surface area (Å²) in [6, 6.07) is 13.3. The lowest BCUT2D eigenvalue weighted by Crippen LogP contribution is -2.29. The van der Waals surface area contributed by atoms with Gasteiger partial charge in [-0.3, -0.25) is 14.9 Å². The van der Waals surface area contributed by atoms with Crippen LogP contribution in [0.1, 0.15) is 10.4 Å². The summed E-state index contributed by atoms with van der Waals surface area (Å²) in [5.41, 5.74) is 0.0475. The van der Waals surface area contributed by atoms with Gasteiger partial charge in [0.1, 0.15) is 0 Å². The van der Waals surface area contributed by atoms with Gasteiger partial charge in [0.25, 0.3) is 5.69 Å². The highest BCUT2D eigenvalue weighted by molar-refractivity contribution is 6.08. The van der Waals surface area contributed by atoms with E-state index in [-0.39, 0.29) is 11.4 Å². The second-order valence-corrected chi connectivity index (χ2v) is 4.50. The Hall–Kier alpha value is -3.48. The monoisotopic (exact) mass is 311 g/mol. The lowest BCUT2D eigenvalue weighted by Gasteiger charge is -2.11. The van der Waals surface area contributed by atoms with Gasteiger partial charge in [0, 0.05) is 29.5 Å². The molecule has 0 unspecified atom stereocenters. The van der Waals surface area contributed by atoms with Gasteiger partial charge in [0.05, 0.1) is 16.6 Å². The number of ketones is 1. The fourth-order valence-electron chi connectivity index (χ4n) is 1.78. The molecule has 2 rings (SSSR count). The number of nitrogens with zero attached hydrogens (tertiary/aromatic N) is 1. The molecule has 0 aliphatic heterocycles. The van der Waals surface area contributed by atoms with Crippen LogP contribution in [0.15, 0.2) is 66.4 Å². The maximum atomic E-state index is 12.0. The molecule has 0 atom stereocenters. The van der Waals surface area contributed by atoms with Crippen molar-refractivity contribution in [3.05, 3.63) is 82.0 Å². The molecule has 0 aromatic heterocycles. The molecule has 0 saturated heterocycles. The van der Waals surface area contributed by atoms with E-state index >= 15 is 0 Å². The molecular formula is C16H11N2O5-. The van der Waals surface area contributed by atoms with E-state index in [1.165, 1.54) is 24.3 Å². The molecule has 0 aliphatic rings. The first-order valence-electron chi connectivity index (χ1n) is 6.51. The number of carbonyl (C=O) groups excluding carboxylic acids is 2. The Morgan fingerprint density at radius 3 is 2.13 bits per heavy atom. The predicted molar refractivity (Wildman–Crippen MR) is 80.6 cm³/mol. The smallest absolute Gasteiger partial charge is 0.269 e. The molecule has 7 nitrogen and oxygen atoms in total. The normalized spacial score (nSPS) is 10.9. The van der Waals surface area contributed by atoms with Crippen molar-refractivity contribution >= 4 is 23.1 Å². The highest BCUT2D eigenvalue weighted by Gasteiger charge is 2.08. The van der Waals surface area contributed by atoms with Gasteiger partial charge in [-0.15, -0.1) is 0 Å². The third-order valence-electron chi connectivity index (χ3n) is 2.91. The van der Waals surface area contributed by atoms with Crippen LogP contribution in [-0.2, 0) is 4.79 Å². The SMILES string of the molecule is O=C([O-])/C(=C/C(=O)c1ccccc1)Nc1ccc([N+](=O)[O-])cc1. The molecule has 2 aromatic rings. The van der Waals surface area contributed by atoms with Gasteiger partial charge in [-0.05, 0) is 12.1 Å². The molecule has 2 aromatic carbocycles. The Morgan fingerprint density at radius 2 is 1.61 bits per heavy atom. The molecule has 7 heteroatoms. The zero-order chi connectivity index (χ0) is 16.8. The summed E-state index contributed by atoms with van der Waals surface area (Å²) in [7, 11) is 0. The second kappa shape index (κ2) is 6.99. The van der Waals surface area contributed by atoms with Gasteiger partial charge in [-0.25, -0.2) is 0 Å². The van der Waals surface area contributed by atoms with Crippen molar-refractivity contribution in [3.8, 4) is 0 Å². The molecule has 0 radical (unpaired) electrons. The minimum absolute atomic E-state index is 0.130. The number of carbonyl (C=O) groups is 2. The molecule has 0 amide bonds. The highest BCUT2D eigenvalue weighted by Crippen LogP contribution is 2.17. The molecule has 0 spiro atoms. The Labute approximate surface area is 131 Å². The molecule has 116 valence electrons. The van der Waals surface area contributed by atoms with E-state index in [1.54, 1.807) is 30.3 Å². The Bertz CT molecular complexity index is 767. The number of carboxylic acid groups (broad SMARTS) is 1. The van der Waals surface area contributed by atoms with Crippen molar-refractivity contribution in [1.82, 2.24) is 0 Å². The van der Waals surface area contributed by atoms with Gasteiger partial charge in [-0.2, -0.15) is 0 Å². The van der Waals surface area contributed by atoms with E-state index in [0.29, 0.717) is 5.56 Å². The van der Waals surface area contributed by atoms with Gasteiger partial charge in [0.2, 0.25) is 0 Å². The zero-order valence-electron chi connectivity index (χ0n) is 11.8. The van der Waals surface area contributed by atoms with Crippen LogP contribution >= 0.6 is 0 Å². The summed E-state index contributed by atoms with van der Waals surface area (Å²) in [6.07, 6.45) is 0.909. The zero-order valence-corrected chi connectivity index (χ0v) is 11.8. The number of rotatable bonds is 6. The number of carboxylic acids is 1. The fourth-order valence-corrected chi connectivity index (χ4v) is 1.78. The molecule has 0 saturated carbocycles. The molecule has 0 heterocycles. The Morgan fingerprint density at radius 1 is 1.00 bits per heavy atom. The van der Waals surface area contributed by atoms with E-state index in [4.69, 9.17) is 0 Å². The number of anilines is 1. The van der Waals surface area contributed by atoms with E-state index in [9.17, 15) is 24.8 Å². The quantitative estimate of drug-likeness (QED) is 0.374. The van der Waals surface area contributed by atoms with Crippen LogP contribution < -0.4 is 10.4 Å². The minimum atomic E-state index is -1.56. The van der Waals surface area contributed by atoms with Crippen molar-refractivity contribution in [2.75, 3.05) is 5.32 Å². The van der Waals surface area contributed by atoms with Crippen LogP contribution in [-0.4, -0.2) is 16.7 Å². The van der Waals surface area contributed by atoms with Crippen molar-refractivity contribution in [3.63, 3.8) is 0 Å². The number of hydrogen-bond acceptors (Lipinski definition) is 6. The van der Waals surface area contributed by atoms with Crippen LogP contribution in [0.2, 0.25) is 0 Å². The standard InChI is InChI=1S/C16H12N2O5/c19-15(11-4-2-1-3-5-11)10-14(16(20)21)17-12-6-8-13(9-7-12)18(22)23/h1-10,17H,(H,20,21)/p-1/b14-10-. The van der Waals surface area contributed by atoms with Crippen molar-refractivity contribution in [1.29, 1.82) is 0 Å². The summed E-state index contributed by atoms with van der Waals surface area (Å²) in [4.78, 5) is 33.1. The molecule has 0 aliphatic carbocycles. The van der Waals surface area contributed by atoms with Gasteiger partial charge >= 0.3 is 0 Å². The highest BCUT2D eigenvalue weighted by atomic mass is 16.6. The van der Waals surface area contributed by atoms with Crippen molar-refractivity contribution < 1.29 is 19.6 Å². The summed E-state index contributed by atoms with van der Waals surface area (Å²) in [6.45, 7) is 0. The maximum absolute atomic E-state index is 12.0. The Balaban J connectivity index is 2.22. The third-order valence-corrected chi connectivity index (χ3v) is 2.91. The maximum Gasteiger partial charge on any atom is 0.269 e. The number of nitro groups is 1. The number of hydrogen-bond donors (Lipinski definition) is 1. The fraction of sp³-hybridized carbons (Fsp3) is 0. The lowest BCUT2D eigenvalue weighted by molar-refractivity contribution is -0.384. The number of non-ortho nitro benzene ring substituents is 1. The minimum Gasteiger partial charge on any atom is -0.543 e. The van der Waals surface area contributed by atoms with Crippen LogP contribution in [0.5, 0.6) is 0 Å². The van der Waals surface area contributed by atoms with Gasteiger partial charge in [-0.1, -0.05) is 30.3 Å². The van der Waals surface area contributed by atoms with Crippen LogP contribution in [0, 0.1) is 10.1 Å². The molecule has 0 bridgehead atoms. The topological polar surface area (TPSA) is 112 Å². The van der Waals surface area contributed by atoms with E-state index in [2.05, 4.69) is 5.32 Å². The first-order valence-corrected chi connectivity index (χ1v) is 6.51. The van der Waals surface area contributed by atoms with Gasteiger partial charge < -0.3 is 15.2 Å². The van der Waals surface area contributed by atoms with E-state index < -0.39 is 22.4 Å². The average Bonchev–Trinajstić information content (AvgIpc) is 2.55. The number of benzene rings is 2. The predicted octanol–water partition coefficient (Wildman–Crippen LogP) is 1.52. The van der Waals surface area contributed by atoms with E-state index in [1.807, 2.05) is 0 Å². The second-order valence-electron chi connectivity index (χ2n) is 4.50. The van der Waals surface area contributed by atoms with Crippen molar-refractivity contribution in [2.24, 2.45) is 0 Å². The third kappa shape index (κ3) is 4.24. The number of nitro benzene ring substituents is 1. The summed E-state index contributed by atoms with van der Waals surface area (Å²) in [5.74, 6) is -2.06. The van der Waals surface area contributed by atoms with Crippen molar-refractivity contribution in [2.45, 2.75) is 0 Å².